The molecule has 0 spiro atoms. The lowest BCUT2D eigenvalue weighted by molar-refractivity contribution is 0.625. The maximum atomic E-state index is 13.6. The highest BCUT2D eigenvalue weighted by atomic mass is 79.9. The molecular weight excluding hydrogens is 283 g/mol. The minimum absolute atomic E-state index is 0.245. The van der Waals surface area contributed by atoms with Gasteiger partial charge in [0.15, 0.2) is 11.6 Å². The van der Waals surface area contributed by atoms with Crippen LogP contribution in [0.2, 0.25) is 0 Å². The Kier molecular flexibility index (Phi) is 3.74. The highest BCUT2D eigenvalue weighted by molar-refractivity contribution is 9.10. The van der Waals surface area contributed by atoms with Crippen molar-refractivity contribution in [1.29, 1.82) is 0 Å². The summed E-state index contributed by atoms with van der Waals surface area (Å²) in [6.45, 7) is 2.06. The lowest BCUT2D eigenvalue weighted by Crippen LogP contribution is -1.99. The van der Waals surface area contributed by atoms with Crippen LogP contribution in [0, 0.1) is 5.82 Å². The number of halogens is 2. The summed E-state index contributed by atoms with van der Waals surface area (Å²) >= 11 is 3.18. The number of hydrogen-bond acceptors (Lipinski definition) is 2. The predicted octanol–water partition coefficient (Wildman–Crippen LogP) is 4.29. The second-order valence-electron chi connectivity index (χ2n) is 3.62. The number of aryl methyl sites for hydroxylation is 1. The summed E-state index contributed by atoms with van der Waals surface area (Å²) < 4.78 is 14.2. The van der Waals surface area contributed by atoms with Crippen molar-refractivity contribution in [3.63, 3.8) is 0 Å². The lowest BCUT2D eigenvalue weighted by Gasteiger charge is -2.10. The van der Waals surface area contributed by atoms with Crippen molar-refractivity contribution in [3.05, 3.63) is 52.4 Å². The fourth-order valence-electron chi connectivity index (χ4n) is 1.58. The van der Waals surface area contributed by atoms with Crippen molar-refractivity contribution in [1.82, 2.24) is 4.98 Å². The zero-order chi connectivity index (χ0) is 12.3. The largest absolute Gasteiger partial charge is 0.338 e. The Morgan fingerprint density at radius 2 is 2.12 bits per heavy atom. The summed E-state index contributed by atoms with van der Waals surface area (Å²) in [6.07, 6.45) is 2.46. The van der Waals surface area contributed by atoms with E-state index in [1.807, 2.05) is 24.3 Å². The van der Waals surface area contributed by atoms with Crippen LogP contribution in [0.5, 0.6) is 0 Å². The molecule has 1 heterocycles. The summed E-state index contributed by atoms with van der Waals surface area (Å²) in [7, 11) is 0. The molecular formula is C13H12BrFN2. The molecule has 0 amide bonds. The molecule has 0 saturated carbocycles. The Morgan fingerprint density at radius 3 is 2.82 bits per heavy atom. The average Bonchev–Trinajstić information content (AvgIpc) is 2.33. The molecule has 88 valence electrons. The number of para-hydroxylation sites is 1. The molecule has 1 aromatic carbocycles. The molecule has 2 aromatic rings. The van der Waals surface area contributed by atoms with E-state index in [0.29, 0.717) is 4.47 Å². The molecule has 1 aromatic heterocycles. The maximum Gasteiger partial charge on any atom is 0.166 e. The Hall–Kier alpha value is -1.42. The molecule has 0 saturated heterocycles. The molecule has 4 heteroatoms. The fraction of sp³-hybridized carbons (Fsp3) is 0.154. The molecule has 0 atom stereocenters. The van der Waals surface area contributed by atoms with Crippen molar-refractivity contribution in [2.75, 3.05) is 5.32 Å². The number of benzene rings is 1. The van der Waals surface area contributed by atoms with Gasteiger partial charge in [0.05, 0.1) is 0 Å². The first kappa shape index (κ1) is 12.0. The highest BCUT2D eigenvalue weighted by Gasteiger charge is 2.06. The Balaban J connectivity index is 2.31. The number of nitrogens with one attached hydrogen (secondary N) is 1. The Labute approximate surface area is 108 Å². The number of nitrogens with zero attached hydrogens (tertiary/aromatic N) is 1. The Bertz CT molecular complexity index is 529. The normalized spacial score (nSPS) is 10.3. The van der Waals surface area contributed by atoms with Gasteiger partial charge in [0.25, 0.3) is 0 Å². The van der Waals surface area contributed by atoms with Crippen LogP contribution >= 0.6 is 15.9 Å². The van der Waals surface area contributed by atoms with Crippen molar-refractivity contribution in [2.24, 2.45) is 0 Å². The molecule has 0 radical (unpaired) electrons. The first-order valence-electron chi connectivity index (χ1n) is 5.36. The van der Waals surface area contributed by atoms with Crippen molar-refractivity contribution < 1.29 is 4.39 Å². The number of aromatic nitrogens is 1. The molecule has 0 fully saturated rings. The minimum atomic E-state index is -0.370. The van der Waals surface area contributed by atoms with Crippen LogP contribution in [0.4, 0.5) is 15.9 Å². The van der Waals surface area contributed by atoms with Gasteiger partial charge in [-0.05, 0) is 40.0 Å². The van der Waals surface area contributed by atoms with Crippen LogP contribution in [0.25, 0.3) is 0 Å². The zero-order valence-electron chi connectivity index (χ0n) is 9.37. The molecule has 0 bridgehead atoms. The number of pyridine rings is 1. The van der Waals surface area contributed by atoms with Gasteiger partial charge in [0.2, 0.25) is 0 Å². The van der Waals surface area contributed by atoms with Crippen LogP contribution in [0.15, 0.2) is 41.0 Å². The van der Waals surface area contributed by atoms with E-state index in [9.17, 15) is 4.39 Å². The summed E-state index contributed by atoms with van der Waals surface area (Å²) in [4.78, 5) is 4.02. The molecule has 17 heavy (non-hydrogen) atoms. The van der Waals surface area contributed by atoms with E-state index in [1.54, 1.807) is 6.20 Å². The van der Waals surface area contributed by atoms with Gasteiger partial charge in [0, 0.05) is 16.4 Å². The third kappa shape index (κ3) is 2.82. The molecule has 1 N–H and O–H groups in total. The van der Waals surface area contributed by atoms with Crippen LogP contribution in [-0.4, -0.2) is 4.98 Å². The highest BCUT2D eigenvalue weighted by Crippen LogP contribution is 2.23. The smallest absolute Gasteiger partial charge is 0.166 e. The first-order chi connectivity index (χ1) is 8.20. The van der Waals surface area contributed by atoms with Gasteiger partial charge in [-0.15, -0.1) is 0 Å². The quantitative estimate of drug-likeness (QED) is 0.913. The minimum Gasteiger partial charge on any atom is -0.338 e. The number of rotatable bonds is 3. The van der Waals surface area contributed by atoms with E-state index in [-0.39, 0.29) is 11.6 Å². The van der Waals surface area contributed by atoms with Gasteiger partial charge in [-0.1, -0.05) is 25.1 Å². The van der Waals surface area contributed by atoms with E-state index in [2.05, 4.69) is 33.2 Å². The van der Waals surface area contributed by atoms with Gasteiger partial charge < -0.3 is 5.32 Å². The number of hydrogen-bond donors (Lipinski definition) is 1. The third-order valence-corrected chi connectivity index (χ3v) is 2.89. The molecule has 0 aliphatic heterocycles. The number of anilines is 2. The van der Waals surface area contributed by atoms with Gasteiger partial charge in [-0.25, -0.2) is 9.37 Å². The SMILES string of the molecule is CCc1ccccc1Nc1ncc(Br)cc1F. The van der Waals surface area contributed by atoms with E-state index < -0.39 is 0 Å². The van der Waals surface area contributed by atoms with Crippen LogP contribution in [0.3, 0.4) is 0 Å². The zero-order valence-corrected chi connectivity index (χ0v) is 11.0. The van der Waals surface area contributed by atoms with Crippen LogP contribution < -0.4 is 5.32 Å². The molecule has 2 rings (SSSR count). The molecule has 2 nitrogen and oxygen atoms in total. The van der Waals surface area contributed by atoms with Crippen LogP contribution in [0.1, 0.15) is 12.5 Å². The van der Waals surface area contributed by atoms with Gasteiger partial charge >= 0.3 is 0 Å². The Morgan fingerprint density at radius 1 is 1.35 bits per heavy atom. The molecule has 0 aliphatic rings. The van der Waals surface area contributed by atoms with E-state index in [4.69, 9.17) is 0 Å². The lowest BCUT2D eigenvalue weighted by atomic mass is 10.1. The topological polar surface area (TPSA) is 24.9 Å². The molecule has 0 unspecified atom stereocenters. The molecule has 0 aliphatic carbocycles. The second-order valence-corrected chi connectivity index (χ2v) is 4.54. The standard InChI is InChI=1S/C13H12BrFN2/c1-2-9-5-3-4-6-12(9)17-13-11(15)7-10(14)8-16-13/h3-8H,2H2,1H3,(H,16,17). The third-order valence-electron chi connectivity index (χ3n) is 2.46. The van der Waals surface area contributed by atoms with Gasteiger partial charge in [-0.3, -0.25) is 0 Å². The van der Waals surface area contributed by atoms with Crippen LogP contribution in [-0.2, 0) is 6.42 Å². The van der Waals surface area contributed by atoms with Crippen molar-refractivity contribution in [2.45, 2.75) is 13.3 Å². The maximum absolute atomic E-state index is 13.6. The summed E-state index contributed by atoms with van der Waals surface area (Å²) in [5, 5.41) is 3.01. The average molecular weight is 295 g/mol. The summed E-state index contributed by atoms with van der Waals surface area (Å²) in [5.41, 5.74) is 2.03. The van der Waals surface area contributed by atoms with Crippen molar-refractivity contribution >= 4 is 27.4 Å². The van der Waals surface area contributed by atoms with Gasteiger partial charge in [-0.2, -0.15) is 0 Å². The summed E-state index contributed by atoms with van der Waals surface area (Å²) in [5.74, 6) is -0.126. The van der Waals surface area contributed by atoms with E-state index in [1.165, 1.54) is 6.07 Å². The second kappa shape index (κ2) is 5.27. The fourth-order valence-corrected chi connectivity index (χ4v) is 1.89. The van der Waals surface area contributed by atoms with Gasteiger partial charge in [0.1, 0.15) is 0 Å². The van der Waals surface area contributed by atoms with E-state index >= 15 is 0 Å². The van der Waals surface area contributed by atoms with E-state index in [0.717, 1.165) is 17.7 Å². The predicted molar refractivity (Wildman–Crippen MR) is 71.0 cm³/mol. The first-order valence-corrected chi connectivity index (χ1v) is 6.16. The summed E-state index contributed by atoms with van der Waals surface area (Å²) in [6, 6.07) is 9.21. The monoisotopic (exact) mass is 294 g/mol. The van der Waals surface area contributed by atoms with Crippen molar-refractivity contribution in [3.8, 4) is 0 Å².